The lowest BCUT2D eigenvalue weighted by Crippen LogP contribution is -2.26. The van der Waals surface area contributed by atoms with Gasteiger partial charge in [-0.25, -0.2) is 0 Å². The summed E-state index contributed by atoms with van der Waals surface area (Å²) in [5.74, 6) is -0.303. The summed E-state index contributed by atoms with van der Waals surface area (Å²) in [4.78, 5) is 27.0. The maximum absolute atomic E-state index is 12.0. The first-order chi connectivity index (χ1) is 9.43. The molecule has 1 aliphatic rings. The maximum Gasteiger partial charge on any atom is 0.254 e. The predicted molar refractivity (Wildman–Crippen MR) is 77.0 cm³/mol. The van der Waals surface area contributed by atoms with Gasteiger partial charge in [-0.15, -0.1) is 0 Å². The zero-order valence-corrected chi connectivity index (χ0v) is 12.2. The van der Waals surface area contributed by atoms with E-state index in [9.17, 15) is 9.59 Å². The monoisotopic (exact) mass is 296 g/mol. The van der Waals surface area contributed by atoms with E-state index in [-0.39, 0.29) is 24.3 Å². The van der Waals surface area contributed by atoms with Gasteiger partial charge in [0.05, 0.1) is 10.6 Å². The average molecular weight is 297 g/mol. The summed E-state index contributed by atoms with van der Waals surface area (Å²) in [6.45, 7) is 0.450. The first-order valence-corrected chi connectivity index (χ1v) is 6.74. The molecule has 0 aromatic heterocycles. The van der Waals surface area contributed by atoms with E-state index in [2.05, 4.69) is 0 Å². The molecule has 1 saturated heterocycles. The highest BCUT2D eigenvalue weighted by atomic mass is 35.5. The molecule has 0 bridgehead atoms. The highest BCUT2D eigenvalue weighted by Gasteiger charge is 2.30. The van der Waals surface area contributed by atoms with E-state index in [1.807, 2.05) is 0 Å². The van der Waals surface area contributed by atoms with Gasteiger partial charge in [0.25, 0.3) is 5.91 Å². The zero-order valence-electron chi connectivity index (χ0n) is 11.5. The minimum atomic E-state index is -0.206. The predicted octanol–water partition coefficient (Wildman–Crippen LogP) is 1.39. The lowest BCUT2D eigenvalue weighted by molar-refractivity contribution is -0.117. The Bertz CT molecular complexity index is 545. The first-order valence-electron chi connectivity index (χ1n) is 6.36. The largest absolute Gasteiger partial charge is 0.396 e. The lowest BCUT2D eigenvalue weighted by atomic mass is 10.1. The smallest absolute Gasteiger partial charge is 0.254 e. The van der Waals surface area contributed by atoms with Crippen LogP contribution in [0.1, 0.15) is 16.8 Å². The van der Waals surface area contributed by atoms with Crippen LogP contribution in [0.5, 0.6) is 0 Å². The molecule has 108 valence electrons. The van der Waals surface area contributed by atoms with Crippen LogP contribution in [0.3, 0.4) is 0 Å². The minimum Gasteiger partial charge on any atom is -0.396 e. The second-order valence-corrected chi connectivity index (χ2v) is 5.53. The van der Waals surface area contributed by atoms with Gasteiger partial charge in [0.2, 0.25) is 5.91 Å². The molecular formula is C14H17ClN2O3. The van der Waals surface area contributed by atoms with Crippen LogP contribution >= 0.6 is 11.6 Å². The van der Waals surface area contributed by atoms with Crippen molar-refractivity contribution < 1.29 is 14.7 Å². The molecule has 2 amide bonds. The molecule has 1 unspecified atom stereocenters. The number of halogens is 1. The Kier molecular flexibility index (Phi) is 4.30. The summed E-state index contributed by atoms with van der Waals surface area (Å²) >= 11 is 6.04. The molecule has 1 heterocycles. The summed E-state index contributed by atoms with van der Waals surface area (Å²) in [7, 11) is 3.29. The summed E-state index contributed by atoms with van der Waals surface area (Å²) < 4.78 is 0. The maximum atomic E-state index is 12.0. The van der Waals surface area contributed by atoms with Gasteiger partial charge >= 0.3 is 0 Å². The van der Waals surface area contributed by atoms with Crippen molar-refractivity contribution in [3.8, 4) is 0 Å². The summed E-state index contributed by atoms with van der Waals surface area (Å²) in [6, 6.07) is 4.96. The molecule has 0 radical (unpaired) electrons. The van der Waals surface area contributed by atoms with Crippen LogP contribution in [0.4, 0.5) is 5.69 Å². The van der Waals surface area contributed by atoms with Crippen molar-refractivity contribution in [1.82, 2.24) is 4.90 Å². The number of hydrogen-bond acceptors (Lipinski definition) is 3. The number of hydrogen-bond donors (Lipinski definition) is 1. The van der Waals surface area contributed by atoms with E-state index in [1.165, 1.54) is 4.90 Å². The molecule has 6 heteroatoms. The number of nitrogens with zero attached hydrogens (tertiary/aromatic N) is 2. The number of rotatable bonds is 3. The minimum absolute atomic E-state index is 0.0146. The molecule has 2 rings (SSSR count). The van der Waals surface area contributed by atoms with Crippen molar-refractivity contribution in [2.75, 3.05) is 32.1 Å². The quantitative estimate of drug-likeness (QED) is 0.917. The van der Waals surface area contributed by atoms with Gasteiger partial charge in [-0.05, 0) is 18.2 Å². The summed E-state index contributed by atoms with van der Waals surface area (Å²) in [6.07, 6.45) is 0.329. The van der Waals surface area contributed by atoms with Crippen LogP contribution in [0.25, 0.3) is 0 Å². The number of benzene rings is 1. The molecule has 1 N–H and O–H groups in total. The molecular weight excluding hydrogens is 280 g/mol. The van der Waals surface area contributed by atoms with E-state index in [1.54, 1.807) is 37.2 Å². The fourth-order valence-corrected chi connectivity index (χ4v) is 2.44. The Labute approximate surface area is 122 Å². The molecule has 1 aromatic rings. The van der Waals surface area contributed by atoms with Crippen LogP contribution in [0.2, 0.25) is 5.02 Å². The third-order valence-electron chi connectivity index (χ3n) is 3.36. The molecule has 1 aliphatic heterocycles. The lowest BCUT2D eigenvalue weighted by Gasteiger charge is -2.19. The van der Waals surface area contributed by atoms with Crippen molar-refractivity contribution in [2.45, 2.75) is 6.42 Å². The van der Waals surface area contributed by atoms with Gasteiger partial charge in [0.15, 0.2) is 0 Å². The van der Waals surface area contributed by atoms with Gasteiger partial charge in [0.1, 0.15) is 0 Å². The molecule has 0 aliphatic carbocycles. The number of aliphatic hydroxyl groups excluding tert-OH is 1. The van der Waals surface area contributed by atoms with Gasteiger partial charge < -0.3 is 14.9 Å². The van der Waals surface area contributed by atoms with Crippen LogP contribution in [0, 0.1) is 5.92 Å². The van der Waals surface area contributed by atoms with Gasteiger partial charge in [-0.3, -0.25) is 9.59 Å². The molecule has 5 nitrogen and oxygen atoms in total. The Balaban J connectivity index is 2.32. The summed E-state index contributed by atoms with van der Waals surface area (Å²) in [5, 5.41) is 9.51. The molecule has 0 spiro atoms. The van der Waals surface area contributed by atoms with E-state index in [0.717, 1.165) is 0 Å². The fourth-order valence-electron chi connectivity index (χ4n) is 2.24. The van der Waals surface area contributed by atoms with Crippen LogP contribution in [-0.4, -0.2) is 49.1 Å². The Morgan fingerprint density at radius 1 is 1.50 bits per heavy atom. The Hall–Kier alpha value is -1.59. The zero-order chi connectivity index (χ0) is 14.9. The summed E-state index contributed by atoms with van der Waals surface area (Å²) in [5.41, 5.74) is 1.01. The molecule has 1 atom stereocenters. The highest BCUT2D eigenvalue weighted by Crippen LogP contribution is 2.29. The number of carbonyl (C=O) groups excluding carboxylic acids is 2. The van der Waals surface area contributed by atoms with Crippen molar-refractivity contribution in [3.05, 3.63) is 28.8 Å². The van der Waals surface area contributed by atoms with Crippen molar-refractivity contribution in [3.63, 3.8) is 0 Å². The van der Waals surface area contributed by atoms with Crippen molar-refractivity contribution in [2.24, 2.45) is 5.92 Å². The number of anilines is 1. The number of aliphatic hydroxyl groups is 1. The van der Waals surface area contributed by atoms with Crippen LogP contribution in [-0.2, 0) is 4.79 Å². The van der Waals surface area contributed by atoms with Crippen molar-refractivity contribution >= 4 is 29.1 Å². The fraction of sp³-hybridized carbons (Fsp3) is 0.429. The van der Waals surface area contributed by atoms with Gasteiger partial charge in [-0.2, -0.15) is 0 Å². The third-order valence-corrected chi connectivity index (χ3v) is 3.69. The normalized spacial score (nSPS) is 18.5. The topological polar surface area (TPSA) is 60.9 Å². The average Bonchev–Trinajstić information content (AvgIpc) is 2.80. The molecule has 0 saturated carbocycles. The van der Waals surface area contributed by atoms with E-state index >= 15 is 0 Å². The van der Waals surface area contributed by atoms with Gasteiger partial charge in [0, 0.05) is 45.3 Å². The third kappa shape index (κ3) is 2.78. The van der Waals surface area contributed by atoms with Crippen LogP contribution < -0.4 is 4.90 Å². The standard InChI is InChI=1S/C14H17ClN2O3/c1-16(2)14(20)11-6-10(3-4-12(11)15)17-7-9(8-18)5-13(17)19/h3-4,6,9,18H,5,7-8H2,1-2H3. The molecule has 1 fully saturated rings. The second kappa shape index (κ2) is 5.81. The Morgan fingerprint density at radius 2 is 2.20 bits per heavy atom. The van der Waals surface area contributed by atoms with Crippen molar-refractivity contribution in [1.29, 1.82) is 0 Å². The van der Waals surface area contributed by atoms with Gasteiger partial charge in [-0.1, -0.05) is 11.6 Å². The SMILES string of the molecule is CN(C)C(=O)c1cc(N2CC(CO)CC2=O)ccc1Cl. The first kappa shape index (κ1) is 14.8. The molecule has 20 heavy (non-hydrogen) atoms. The van der Waals surface area contributed by atoms with E-state index in [4.69, 9.17) is 16.7 Å². The van der Waals surface area contributed by atoms with Crippen LogP contribution in [0.15, 0.2) is 18.2 Å². The number of carbonyl (C=O) groups is 2. The van der Waals surface area contributed by atoms with E-state index in [0.29, 0.717) is 29.2 Å². The number of amides is 2. The molecule has 1 aromatic carbocycles. The van der Waals surface area contributed by atoms with E-state index < -0.39 is 0 Å². The Morgan fingerprint density at radius 3 is 2.75 bits per heavy atom. The highest BCUT2D eigenvalue weighted by molar-refractivity contribution is 6.34. The second-order valence-electron chi connectivity index (χ2n) is 5.12.